The van der Waals surface area contributed by atoms with Gasteiger partial charge >= 0.3 is 0 Å². The van der Waals surface area contributed by atoms with E-state index in [0.29, 0.717) is 0 Å². The molecule has 1 aromatic rings. The van der Waals surface area contributed by atoms with Crippen molar-refractivity contribution >= 4 is 17.4 Å². The smallest absolute Gasteiger partial charge is 0.293 e. The van der Waals surface area contributed by atoms with Gasteiger partial charge in [-0.2, -0.15) is 0 Å². The number of nitrogens with one attached hydrogen (secondary N) is 1. The van der Waals surface area contributed by atoms with Crippen molar-refractivity contribution in [2.45, 2.75) is 26.3 Å². The lowest BCUT2D eigenvalue weighted by Gasteiger charge is -2.19. The highest BCUT2D eigenvalue weighted by Crippen LogP contribution is 2.18. The highest BCUT2D eigenvalue weighted by Gasteiger charge is 2.27. The van der Waals surface area contributed by atoms with Crippen molar-refractivity contribution in [2.75, 3.05) is 0 Å². The Bertz CT molecular complexity index is 503. The summed E-state index contributed by atoms with van der Waals surface area (Å²) in [6, 6.07) is 5.38. The lowest BCUT2D eigenvalue weighted by atomic mass is 10.1. The van der Waals surface area contributed by atoms with Crippen LogP contribution < -0.4 is 5.32 Å². The summed E-state index contributed by atoms with van der Waals surface area (Å²) in [5.41, 5.74) is -1.15. The molecular formula is C12H14N2O4. The van der Waals surface area contributed by atoms with Gasteiger partial charge in [0.1, 0.15) is 5.56 Å². The van der Waals surface area contributed by atoms with E-state index in [1.165, 1.54) is 24.3 Å². The van der Waals surface area contributed by atoms with E-state index in [0.717, 1.165) is 0 Å². The number of hydrogen-bond acceptors (Lipinski definition) is 4. The molecule has 1 N–H and O–H groups in total. The number of nitro groups is 1. The van der Waals surface area contributed by atoms with Gasteiger partial charge in [0.05, 0.1) is 4.92 Å². The summed E-state index contributed by atoms with van der Waals surface area (Å²) in [6.45, 7) is 5.16. The SMILES string of the molecule is CC(C)(C)NC(=O)C(=O)c1ccccc1[N+](=O)[O-]. The van der Waals surface area contributed by atoms with Crippen molar-refractivity contribution in [3.63, 3.8) is 0 Å². The minimum absolute atomic E-state index is 0.204. The average Bonchev–Trinajstić information content (AvgIpc) is 2.25. The maximum Gasteiger partial charge on any atom is 0.293 e. The molecule has 0 saturated carbocycles. The Hall–Kier alpha value is -2.24. The van der Waals surface area contributed by atoms with E-state index in [1.807, 2.05) is 0 Å². The van der Waals surface area contributed by atoms with Gasteiger partial charge in [-0.05, 0) is 26.8 Å². The van der Waals surface area contributed by atoms with Gasteiger partial charge in [-0.1, -0.05) is 12.1 Å². The summed E-state index contributed by atoms with van der Waals surface area (Å²) in [5, 5.41) is 13.2. The molecule has 0 aliphatic carbocycles. The molecule has 1 aromatic carbocycles. The van der Waals surface area contributed by atoms with E-state index in [4.69, 9.17) is 0 Å². The zero-order valence-electron chi connectivity index (χ0n) is 10.4. The van der Waals surface area contributed by atoms with E-state index in [-0.39, 0.29) is 11.3 Å². The molecule has 0 bridgehead atoms. The molecule has 1 rings (SSSR count). The van der Waals surface area contributed by atoms with Gasteiger partial charge in [-0.15, -0.1) is 0 Å². The maximum absolute atomic E-state index is 11.8. The minimum atomic E-state index is -0.905. The summed E-state index contributed by atoms with van der Waals surface area (Å²) in [5.74, 6) is -1.76. The second-order valence-corrected chi connectivity index (χ2v) is 4.81. The van der Waals surface area contributed by atoms with E-state index in [9.17, 15) is 19.7 Å². The van der Waals surface area contributed by atoms with Gasteiger partial charge in [0.2, 0.25) is 0 Å². The van der Waals surface area contributed by atoms with Crippen LogP contribution in [0.5, 0.6) is 0 Å². The van der Waals surface area contributed by atoms with Crippen LogP contribution in [0.4, 0.5) is 5.69 Å². The van der Waals surface area contributed by atoms with Crippen molar-refractivity contribution in [1.29, 1.82) is 0 Å². The Morgan fingerprint density at radius 1 is 1.22 bits per heavy atom. The number of benzene rings is 1. The van der Waals surface area contributed by atoms with Gasteiger partial charge in [0, 0.05) is 11.6 Å². The fraction of sp³-hybridized carbons (Fsp3) is 0.333. The number of rotatable bonds is 3. The predicted molar refractivity (Wildman–Crippen MR) is 65.3 cm³/mol. The van der Waals surface area contributed by atoms with Crippen LogP contribution in [0.3, 0.4) is 0 Å². The molecule has 0 unspecified atom stereocenters. The number of nitro benzene ring substituents is 1. The molecule has 0 atom stereocenters. The van der Waals surface area contributed by atoms with Gasteiger partial charge in [0.15, 0.2) is 0 Å². The largest absolute Gasteiger partial charge is 0.345 e. The molecule has 0 aromatic heterocycles. The third-order valence-corrected chi connectivity index (χ3v) is 2.04. The van der Waals surface area contributed by atoms with Crippen LogP contribution in [-0.2, 0) is 4.79 Å². The predicted octanol–water partition coefficient (Wildman–Crippen LogP) is 1.69. The molecule has 0 aliphatic rings. The second kappa shape index (κ2) is 4.95. The number of amides is 1. The van der Waals surface area contributed by atoms with Crippen molar-refractivity contribution in [2.24, 2.45) is 0 Å². The standard InChI is InChI=1S/C12H14N2O4/c1-12(2,3)13-11(16)10(15)8-6-4-5-7-9(8)14(17)18/h4-7H,1-3H3,(H,13,16). The first-order valence-corrected chi connectivity index (χ1v) is 5.32. The molecule has 0 fully saturated rings. The van der Waals surface area contributed by atoms with Crippen molar-refractivity contribution in [1.82, 2.24) is 5.32 Å². The zero-order valence-corrected chi connectivity index (χ0v) is 10.4. The molecule has 0 radical (unpaired) electrons. The molecule has 1 amide bonds. The molecule has 0 spiro atoms. The number of ketones is 1. The van der Waals surface area contributed by atoms with E-state index >= 15 is 0 Å². The van der Waals surface area contributed by atoms with Crippen LogP contribution in [0.1, 0.15) is 31.1 Å². The van der Waals surface area contributed by atoms with Gasteiger partial charge in [-0.25, -0.2) is 0 Å². The summed E-state index contributed by atoms with van der Waals surface area (Å²) < 4.78 is 0. The van der Waals surface area contributed by atoms with E-state index in [2.05, 4.69) is 5.32 Å². The first-order chi connectivity index (χ1) is 8.22. The van der Waals surface area contributed by atoms with Crippen LogP contribution in [0, 0.1) is 10.1 Å². The number of para-hydroxylation sites is 1. The third kappa shape index (κ3) is 3.38. The normalized spacial score (nSPS) is 10.8. The number of carbonyl (C=O) groups excluding carboxylic acids is 2. The maximum atomic E-state index is 11.8. The molecule has 0 saturated heterocycles. The molecule has 6 nitrogen and oxygen atoms in total. The molecule has 0 aliphatic heterocycles. The fourth-order valence-corrected chi connectivity index (χ4v) is 1.34. The highest BCUT2D eigenvalue weighted by molar-refractivity contribution is 6.43. The Kier molecular flexibility index (Phi) is 3.80. The summed E-state index contributed by atoms with van der Waals surface area (Å²) in [6.07, 6.45) is 0. The Balaban J connectivity index is 3.05. The summed E-state index contributed by atoms with van der Waals surface area (Å²) >= 11 is 0. The number of nitrogens with zero attached hydrogens (tertiary/aromatic N) is 1. The van der Waals surface area contributed by atoms with Crippen LogP contribution in [0.2, 0.25) is 0 Å². The van der Waals surface area contributed by atoms with Crippen molar-refractivity contribution in [3.8, 4) is 0 Å². The lowest BCUT2D eigenvalue weighted by molar-refractivity contribution is -0.385. The highest BCUT2D eigenvalue weighted by atomic mass is 16.6. The van der Waals surface area contributed by atoms with Crippen LogP contribution in [-0.4, -0.2) is 22.2 Å². The quantitative estimate of drug-likeness (QED) is 0.382. The third-order valence-electron chi connectivity index (χ3n) is 2.04. The topological polar surface area (TPSA) is 89.3 Å². The fourth-order valence-electron chi connectivity index (χ4n) is 1.34. The molecular weight excluding hydrogens is 236 g/mol. The Morgan fingerprint density at radius 3 is 2.28 bits per heavy atom. The number of Topliss-reactive ketones (excluding diaryl/α,β-unsaturated/α-hetero) is 1. The average molecular weight is 250 g/mol. The van der Waals surface area contributed by atoms with E-state index in [1.54, 1.807) is 20.8 Å². The first-order valence-electron chi connectivity index (χ1n) is 5.32. The van der Waals surface area contributed by atoms with E-state index < -0.39 is 22.2 Å². The van der Waals surface area contributed by atoms with Gasteiger partial charge in [0.25, 0.3) is 17.4 Å². The van der Waals surface area contributed by atoms with Gasteiger partial charge in [-0.3, -0.25) is 19.7 Å². The summed E-state index contributed by atoms with van der Waals surface area (Å²) in [4.78, 5) is 33.6. The minimum Gasteiger partial charge on any atom is -0.345 e. The number of hydrogen-bond donors (Lipinski definition) is 1. The van der Waals surface area contributed by atoms with Gasteiger partial charge < -0.3 is 5.32 Å². The van der Waals surface area contributed by atoms with Crippen LogP contribution in [0.25, 0.3) is 0 Å². The molecule has 6 heteroatoms. The van der Waals surface area contributed by atoms with Crippen molar-refractivity contribution < 1.29 is 14.5 Å². The Labute approximate surface area is 104 Å². The summed E-state index contributed by atoms with van der Waals surface area (Å²) in [7, 11) is 0. The molecule has 0 heterocycles. The molecule has 96 valence electrons. The van der Waals surface area contributed by atoms with Crippen molar-refractivity contribution in [3.05, 3.63) is 39.9 Å². The van der Waals surface area contributed by atoms with Crippen LogP contribution >= 0.6 is 0 Å². The van der Waals surface area contributed by atoms with Crippen LogP contribution in [0.15, 0.2) is 24.3 Å². The first kappa shape index (κ1) is 13.8. The number of carbonyl (C=O) groups is 2. The zero-order chi connectivity index (χ0) is 13.9. The second-order valence-electron chi connectivity index (χ2n) is 4.81. The monoisotopic (exact) mass is 250 g/mol. The molecule has 18 heavy (non-hydrogen) atoms. The Morgan fingerprint density at radius 2 is 1.78 bits per heavy atom. The lowest BCUT2D eigenvalue weighted by Crippen LogP contribution is -2.44.